The number of hydrogen-bond acceptors (Lipinski definition) is 2. The summed E-state index contributed by atoms with van der Waals surface area (Å²) in [6.07, 6.45) is 13.4. The van der Waals surface area contributed by atoms with Crippen LogP contribution in [0.1, 0.15) is 63.4 Å². The molecule has 0 aliphatic heterocycles. The molecule has 0 unspecified atom stereocenters. The molecule has 0 amide bonds. The molecule has 2 rings (SSSR count). The summed E-state index contributed by atoms with van der Waals surface area (Å²) in [5.41, 5.74) is 2.64. The van der Waals surface area contributed by atoms with E-state index in [1.807, 2.05) is 7.05 Å². The summed E-state index contributed by atoms with van der Waals surface area (Å²) in [7, 11) is 1.96. The molecular formula is C20H33NO. The number of unbranched alkanes of at least 4 members (excludes halogenated alkanes) is 3. The second kappa shape index (κ2) is 10.7. The zero-order valence-electron chi connectivity index (χ0n) is 14.3. The Morgan fingerprint density at radius 3 is 2.41 bits per heavy atom. The van der Waals surface area contributed by atoms with Crippen LogP contribution in [0, 0.1) is 5.92 Å². The van der Waals surface area contributed by atoms with E-state index in [1.54, 1.807) is 0 Å². The normalized spacial score (nSPS) is 15.9. The lowest BCUT2D eigenvalue weighted by atomic mass is 9.90. The maximum atomic E-state index is 5.86. The zero-order chi connectivity index (χ0) is 15.5. The first-order chi connectivity index (χ1) is 10.9. The Balaban J connectivity index is 1.42. The van der Waals surface area contributed by atoms with Crippen molar-refractivity contribution >= 4 is 5.69 Å². The van der Waals surface area contributed by atoms with Crippen molar-refractivity contribution in [2.24, 2.45) is 5.92 Å². The topological polar surface area (TPSA) is 21.3 Å². The molecule has 1 N–H and O–H groups in total. The zero-order valence-corrected chi connectivity index (χ0v) is 14.3. The molecule has 0 aromatic heterocycles. The molecule has 0 saturated heterocycles. The van der Waals surface area contributed by atoms with Crippen LogP contribution < -0.4 is 5.32 Å². The smallest absolute Gasteiger partial charge is 0.0494 e. The second-order valence-corrected chi connectivity index (χ2v) is 6.69. The Morgan fingerprint density at radius 1 is 0.955 bits per heavy atom. The molecule has 1 aliphatic rings. The van der Waals surface area contributed by atoms with Crippen molar-refractivity contribution in [2.45, 2.75) is 64.2 Å². The highest BCUT2D eigenvalue weighted by molar-refractivity contribution is 5.43. The number of rotatable bonds is 10. The third-order valence-corrected chi connectivity index (χ3v) is 4.83. The molecule has 22 heavy (non-hydrogen) atoms. The Kier molecular flexibility index (Phi) is 8.40. The number of benzene rings is 1. The first kappa shape index (κ1) is 17.3. The summed E-state index contributed by atoms with van der Waals surface area (Å²) < 4.78 is 5.86. The van der Waals surface area contributed by atoms with Crippen LogP contribution in [-0.4, -0.2) is 20.3 Å². The molecule has 1 aromatic carbocycles. The van der Waals surface area contributed by atoms with Gasteiger partial charge in [-0.15, -0.1) is 0 Å². The van der Waals surface area contributed by atoms with Gasteiger partial charge in [-0.05, 0) is 55.7 Å². The largest absolute Gasteiger partial charge is 0.388 e. The molecule has 124 valence electrons. The number of nitrogens with one attached hydrogen (secondary N) is 1. The monoisotopic (exact) mass is 303 g/mol. The van der Waals surface area contributed by atoms with Crippen LogP contribution in [0.4, 0.5) is 5.69 Å². The van der Waals surface area contributed by atoms with E-state index in [4.69, 9.17) is 4.74 Å². The lowest BCUT2D eigenvalue weighted by molar-refractivity contribution is 0.0824. The first-order valence-electron chi connectivity index (χ1n) is 9.23. The van der Waals surface area contributed by atoms with Crippen LogP contribution in [0.25, 0.3) is 0 Å². The third-order valence-electron chi connectivity index (χ3n) is 4.83. The minimum absolute atomic E-state index is 0.856. The van der Waals surface area contributed by atoms with Gasteiger partial charge in [-0.2, -0.15) is 0 Å². The Hall–Kier alpha value is -1.02. The molecule has 2 heteroatoms. The van der Waals surface area contributed by atoms with E-state index in [1.165, 1.54) is 75.5 Å². The van der Waals surface area contributed by atoms with E-state index < -0.39 is 0 Å². The van der Waals surface area contributed by atoms with Gasteiger partial charge in [0.15, 0.2) is 0 Å². The van der Waals surface area contributed by atoms with Crippen molar-refractivity contribution in [3.8, 4) is 0 Å². The summed E-state index contributed by atoms with van der Waals surface area (Å²) in [5.74, 6) is 0.856. The van der Waals surface area contributed by atoms with Gasteiger partial charge in [-0.3, -0.25) is 0 Å². The van der Waals surface area contributed by atoms with E-state index in [0.29, 0.717) is 0 Å². The van der Waals surface area contributed by atoms with Crippen LogP contribution >= 0.6 is 0 Å². The fraction of sp³-hybridized carbons (Fsp3) is 0.700. The number of aryl methyl sites for hydroxylation is 1. The fourth-order valence-electron chi connectivity index (χ4n) is 3.33. The quantitative estimate of drug-likeness (QED) is 0.582. The summed E-state index contributed by atoms with van der Waals surface area (Å²) in [5, 5.41) is 3.16. The van der Waals surface area contributed by atoms with Gasteiger partial charge in [0.25, 0.3) is 0 Å². The minimum atomic E-state index is 0.856. The SMILES string of the molecule is CNc1ccc(CCCCCCOCC2CCCCC2)cc1. The van der Waals surface area contributed by atoms with Crippen molar-refractivity contribution in [2.75, 3.05) is 25.6 Å². The number of anilines is 1. The van der Waals surface area contributed by atoms with Gasteiger partial charge in [0.05, 0.1) is 0 Å². The minimum Gasteiger partial charge on any atom is -0.388 e. The average Bonchev–Trinajstić information content (AvgIpc) is 2.59. The highest BCUT2D eigenvalue weighted by Gasteiger charge is 2.12. The molecule has 1 aromatic rings. The van der Waals surface area contributed by atoms with E-state index in [0.717, 1.165) is 19.1 Å². The first-order valence-corrected chi connectivity index (χ1v) is 9.23. The molecule has 0 heterocycles. The lowest BCUT2D eigenvalue weighted by Gasteiger charge is -2.21. The van der Waals surface area contributed by atoms with E-state index in [9.17, 15) is 0 Å². The molecule has 0 bridgehead atoms. The highest BCUT2D eigenvalue weighted by Crippen LogP contribution is 2.23. The van der Waals surface area contributed by atoms with E-state index >= 15 is 0 Å². The van der Waals surface area contributed by atoms with Crippen LogP contribution in [0.15, 0.2) is 24.3 Å². The van der Waals surface area contributed by atoms with Gasteiger partial charge >= 0.3 is 0 Å². The Labute approximate surface area is 136 Å². The van der Waals surface area contributed by atoms with Crippen molar-refractivity contribution < 1.29 is 4.74 Å². The number of hydrogen-bond donors (Lipinski definition) is 1. The second-order valence-electron chi connectivity index (χ2n) is 6.69. The van der Waals surface area contributed by atoms with Crippen LogP contribution in [0.3, 0.4) is 0 Å². The summed E-state index contributed by atoms with van der Waals surface area (Å²) in [4.78, 5) is 0. The standard InChI is InChI=1S/C20H33NO/c1-21-20-14-12-18(13-15-20)9-5-2-3-8-16-22-17-19-10-6-4-7-11-19/h12-15,19,21H,2-11,16-17H2,1H3. The molecule has 1 aliphatic carbocycles. The predicted octanol–water partition coefficient (Wildman–Crippen LogP) is 5.43. The summed E-state index contributed by atoms with van der Waals surface area (Å²) in [6, 6.07) is 8.79. The van der Waals surface area contributed by atoms with Crippen LogP contribution in [0.2, 0.25) is 0 Å². The summed E-state index contributed by atoms with van der Waals surface area (Å²) in [6.45, 7) is 1.98. The Bertz CT molecular complexity index is 381. The summed E-state index contributed by atoms with van der Waals surface area (Å²) >= 11 is 0. The van der Waals surface area contributed by atoms with Gasteiger partial charge in [-0.1, -0.05) is 44.2 Å². The van der Waals surface area contributed by atoms with E-state index in [-0.39, 0.29) is 0 Å². The maximum Gasteiger partial charge on any atom is 0.0494 e. The van der Waals surface area contributed by atoms with E-state index in [2.05, 4.69) is 29.6 Å². The van der Waals surface area contributed by atoms with Crippen LogP contribution in [0.5, 0.6) is 0 Å². The van der Waals surface area contributed by atoms with Crippen molar-refractivity contribution in [1.29, 1.82) is 0 Å². The lowest BCUT2D eigenvalue weighted by Crippen LogP contribution is -2.13. The Morgan fingerprint density at radius 2 is 1.68 bits per heavy atom. The molecule has 1 saturated carbocycles. The number of ether oxygens (including phenoxy) is 1. The van der Waals surface area contributed by atoms with Gasteiger partial charge in [0, 0.05) is 25.9 Å². The third kappa shape index (κ3) is 6.83. The highest BCUT2D eigenvalue weighted by atomic mass is 16.5. The average molecular weight is 303 g/mol. The van der Waals surface area contributed by atoms with Gasteiger partial charge in [0.1, 0.15) is 0 Å². The molecule has 1 fully saturated rings. The predicted molar refractivity (Wildman–Crippen MR) is 95.6 cm³/mol. The molecule has 0 atom stereocenters. The van der Waals surface area contributed by atoms with Gasteiger partial charge < -0.3 is 10.1 Å². The van der Waals surface area contributed by atoms with Gasteiger partial charge in [0.2, 0.25) is 0 Å². The van der Waals surface area contributed by atoms with Crippen molar-refractivity contribution in [3.05, 3.63) is 29.8 Å². The van der Waals surface area contributed by atoms with Crippen molar-refractivity contribution in [1.82, 2.24) is 0 Å². The maximum absolute atomic E-state index is 5.86. The molecule has 0 spiro atoms. The molecule has 2 nitrogen and oxygen atoms in total. The van der Waals surface area contributed by atoms with Crippen LogP contribution in [-0.2, 0) is 11.2 Å². The fourth-order valence-corrected chi connectivity index (χ4v) is 3.33. The molecular weight excluding hydrogens is 270 g/mol. The molecule has 0 radical (unpaired) electrons. The van der Waals surface area contributed by atoms with Gasteiger partial charge in [-0.25, -0.2) is 0 Å². The van der Waals surface area contributed by atoms with Crippen molar-refractivity contribution in [3.63, 3.8) is 0 Å².